The number of imidazole rings is 1. The van der Waals surface area contributed by atoms with Crippen LogP contribution in [-0.4, -0.2) is 58.6 Å². The Labute approximate surface area is 117 Å². The number of urea groups is 1. The number of rotatable bonds is 5. The second-order valence-electron chi connectivity index (χ2n) is 4.74. The zero-order valence-corrected chi connectivity index (χ0v) is 11.3. The van der Waals surface area contributed by atoms with Crippen LogP contribution < -0.4 is 16.4 Å². The maximum atomic E-state index is 11.9. The summed E-state index contributed by atoms with van der Waals surface area (Å²) in [6, 6.07) is -0.608. The Balaban J connectivity index is 1.67. The van der Waals surface area contributed by atoms with Crippen molar-refractivity contribution >= 4 is 11.9 Å². The van der Waals surface area contributed by atoms with Gasteiger partial charge in [0.15, 0.2) is 0 Å². The van der Waals surface area contributed by atoms with Gasteiger partial charge in [0.2, 0.25) is 5.91 Å². The Morgan fingerprint density at radius 1 is 1.50 bits per heavy atom. The van der Waals surface area contributed by atoms with Crippen molar-refractivity contribution in [3.05, 3.63) is 18.7 Å². The van der Waals surface area contributed by atoms with Gasteiger partial charge in [0.1, 0.15) is 6.04 Å². The van der Waals surface area contributed by atoms with E-state index >= 15 is 0 Å². The average Bonchev–Trinajstić information content (AvgIpc) is 2.96. The maximum Gasteiger partial charge on any atom is 0.317 e. The summed E-state index contributed by atoms with van der Waals surface area (Å²) >= 11 is 0. The number of nitrogens with one attached hydrogen (secondary N) is 2. The van der Waals surface area contributed by atoms with Gasteiger partial charge in [0.25, 0.3) is 0 Å². The van der Waals surface area contributed by atoms with E-state index in [-0.39, 0.29) is 6.03 Å². The highest BCUT2D eigenvalue weighted by Gasteiger charge is 2.26. The lowest BCUT2D eigenvalue weighted by molar-refractivity contribution is -0.120. The molecule has 1 fully saturated rings. The van der Waals surface area contributed by atoms with E-state index in [1.54, 1.807) is 17.4 Å². The lowest BCUT2D eigenvalue weighted by atomic mass is 10.2. The first-order valence-corrected chi connectivity index (χ1v) is 6.68. The van der Waals surface area contributed by atoms with Crippen LogP contribution in [0.4, 0.5) is 4.79 Å². The molecule has 3 amide bonds. The predicted molar refractivity (Wildman–Crippen MR) is 72.8 cm³/mol. The lowest BCUT2D eigenvalue weighted by Gasteiger charge is -2.32. The van der Waals surface area contributed by atoms with Crippen molar-refractivity contribution in [1.82, 2.24) is 25.1 Å². The highest BCUT2D eigenvalue weighted by Crippen LogP contribution is 1.99. The highest BCUT2D eigenvalue weighted by molar-refractivity contribution is 5.82. The molecule has 0 saturated carbocycles. The third kappa shape index (κ3) is 3.95. The van der Waals surface area contributed by atoms with Crippen molar-refractivity contribution in [2.45, 2.75) is 19.0 Å². The third-order valence-corrected chi connectivity index (χ3v) is 3.23. The first-order chi connectivity index (χ1) is 9.66. The molecule has 8 nitrogen and oxygen atoms in total. The number of aryl methyl sites for hydroxylation is 1. The molecule has 0 spiro atoms. The molecule has 0 aromatic carbocycles. The van der Waals surface area contributed by atoms with Gasteiger partial charge in [-0.2, -0.15) is 0 Å². The van der Waals surface area contributed by atoms with Crippen LogP contribution in [0.25, 0.3) is 0 Å². The fourth-order valence-electron chi connectivity index (χ4n) is 2.11. The third-order valence-electron chi connectivity index (χ3n) is 3.23. The van der Waals surface area contributed by atoms with Gasteiger partial charge in [-0.3, -0.25) is 4.79 Å². The van der Waals surface area contributed by atoms with Crippen LogP contribution in [0.1, 0.15) is 6.42 Å². The molecule has 110 valence electrons. The van der Waals surface area contributed by atoms with Gasteiger partial charge in [0.05, 0.1) is 6.33 Å². The van der Waals surface area contributed by atoms with E-state index in [1.165, 1.54) is 0 Å². The predicted octanol–water partition coefficient (Wildman–Crippen LogP) is -1.26. The molecule has 8 heteroatoms. The molecule has 2 rings (SSSR count). The van der Waals surface area contributed by atoms with E-state index in [4.69, 9.17) is 5.73 Å². The molecule has 1 atom stereocenters. The number of primary amides is 1. The summed E-state index contributed by atoms with van der Waals surface area (Å²) in [5.74, 6) is -0.428. The van der Waals surface area contributed by atoms with Crippen LogP contribution in [0.15, 0.2) is 18.7 Å². The standard InChI is InChI=1S/C12H20N6O2/c13-11(19)10-8-18(7-4-15-10)12(20)16-2-1-5-17-6-3-14-9-17/h3,6,9-10,15H,1-2,4-5,7-8H2,(H2,13,19)(H,16,20). The monoisotopic (exact) mass is 280 g/mol. The molecule has 0 aliphatic carbocycles. The van der Waals surface area contributed by atoms with Crippen molar-refractivity contribution in [1.29, 1.82) is 0 Å². The fourth-order valence-corrected chi connectivity index (χ4v) is 2.11. The molecule has 1 saturated heterocycles. The molecule has 1 aromatic heterocycles. The van der Waals surface area contributed by atoms with E-state index in [9.17, 15) is 9.59 Å². The molecule has 1 unspecified atom stereocenters. The van der Waals surface area contributed by atoms with Crippen LogP contribution in [-0.2, 0) is 11.3 Å². The van der Waals surface area contributed by atoms with E-state index in [1.807, 2.05) is 10.8 Å². The molecular weight excluding hydrogens is 260 g/mol. The van der Waals surface area contributed by atoms with E-state index in [0.717, 1.165) is 13.0 Å². The van der Waals surface area contributed by atoms with E-state index < -0.39 is 11.9 Å². The summed E-state index contributed by atoms with van der Waals surface area (Å²) in [5.41, 5.74) is 5.24. The number of hydrogen-bond acceptors (Lipinski definition) is 4. The smallest absolute Gasteiger partial charge is 0.317 e. The lowest BCUT2D eigenvalue weighted by Crippen LogP contribution is -2.59. The van der Waals surface area contributed by atoms with Crippen molar-refractivity contribution in [3.63, 3.8) is 0 Å². The van der Waals surface area contributed by atoms with Gasteiger partial charge >= 0.3 is 6.03 Å². The van der Waals surface area contributed by atoms with E-state index in [2.05, 4.69) is 15.6 Å². The number of aromatic nitrogens is 2. The van der Waals surface area contributed by atoms with Crippen LogP contribution in [0.5, 0.6) is 0 Å². The second kappa shape index (κ2) is 6.90. The fraction of sp³-hybridized carbons (Fsp3) is 0.583. The van der Waals surface area contributed by atoms with Gasteiger partial charge < -0.3 is 25.8 Å². The number of nitrogens with zero attached hydrogens (tertiary/aromatic N) is 3. The molecule has 1 aliphatic rings. The number of amides is 3. The Kier molecular flexibility index (Phi) is 4.94. The van der Waals surface area contributed by atoms with Gasteiger partial charge in [-0.25, -0.2) is 9.78 Å². The minimum absolute atomic E-state index is 0.150. The molecule has 2 heterocycles. The van der Waals surface area contributed by atoms with Gasteiger partial charge in [-0.1, -0.05) is 0 Å². The number of carbonyl (C=O) groups excluding carboxylic acids is 2. The maximum absolute atomic E-state index is 11.9. The summed E-state index contributed by atoms with van der Waals surface area (Å²) in [4.78, 5) is 28.6. The van der Waals surface area contributed by atoms with Gasteiger partial charge in [-0.05, 0) is 6.42 Å². The van der Waals surface area contributed by atoms with Crippen molar-refractivity contribution in [2.24, 2.45) is 5.73 Å². The SMILES string of the molecule is NC(=O)C1CN(C(=O)NCCCn2ccnc2)CCN1. The van der Waals surface area contributed by atoms with Crippen LogP contribution >= 0.6 is 0 Å². The number of hydrogen-bond donors (Lipinski definition) is 3. The summed E-state index contributed by atoms with van der Waals surface area (Å²) in [6.45, 7) is 2.88. The first kappa shape index (κ1) is 14.3. The van der Waals surface area contributed by atoms with Crippen molar-refractivity contribution in [2.75, 3.05) is 26.2 Å². The first-order valence-electron chi connectivity index (χ1n) is 6.68. The summed E-state index contributed by atoms with van der Waals surface area (Å²) in [7, 11) is 0. The quantitative estimate of drug-likeness (QED) is 0.585. The molecule has 0 bridgehead atoms. The van der Waals surface area contributed by atoms with Crippen LogP contribution in [0.3, 0.4) is 0 Å². The number of piperazine rings is 1. The average molecular weight is 280 g/mol. The van der Waals surface area contributed by atoms with Crippen molar-refractivity contribution < 1.29 is 9.59 Å². The van der Waals surface area contributed by atoms with Crippen molar-refractivity contribution in [3.8, 4) is 0 Å². The highest BCUT2D eigenvalue weighted by atomic mass is 16.2. The summed E-state index contributed by atoms with van der Waals surface area (Å²) in [6.07, 6.45) is 6.18. The Hall–Kier alpha value is -2.09. The van der Waals surface area contributed by atoms with Gasteiger partial charge in [-0.15, -0.1) is 0 Å². The van der Waals surface area contributed by atoms with E-state index in [0.29, 0.717) is 26.2 Å². The van der Waals surface area contributed by atoms with Crippen LogP contribution in [0, 0.1) is 0 Å². The molecule has 4 N–H and O–H groups in total. The molecule has 1 aliphatic heterocycles. The number of carbonyl (C=O) groups is 2. The van der Waals surface area contributed by atoms with Crippen LogP contribution in [0.2, 0.25) is 0 Å². The summed E-state index contributed by atoms with van der Waals surface area (Å²) in [5, 5.41) is 5.83. The molecule has 1 aromatic rings. The molecular formula is C12H20N6O2. The summed E-state index contributed by atoms with van der Waals surface area (Å²) < 4.78 is 1.96. The second-order valence-corrected chi connectivity index (χ2v) is 4.74. The topological polar surface area (TPSA) is 105 Å². The van der Waals surface area contributed by atoms with Gasteiger partial charge in [0, 0.05) is 45.1 Å². The Morgan fingerprint density at radius 3 is 3.05 bits per heavy atom. The largest absolute Gasteiger partial charge is 0.368 e. The zero-order valence-electron chi connectivity index (χ0n) is 11.3. The number of nitrogens with two attached hydrogens (primary N) is 1. The Bertz CT molecular complexity index is 447. The minimum Gasteiger partial charge on any atom is -0.368 e. The zero-order chi connectivity index (χ0) is 14.4. The Morgan fingerprint density at radius 2 is 2.35 bits per heavy atom. The molecule has 20 heavy (non-hydrogen) atoms. The molecule has 0 radical (unpaired) electrons. The minimum atomic E-state index is -0.458. The normalized spacial score (nSPS) is 18.8.